The molecule has 0 aliphatic heterocycles. The molecule has 0 saturated carbocycles. The number of halogens is 1. The molecule has 0 nitrogen and oxygen atoms in total. The molecule has 1 heteroatoms. The Morgan fingerprint density at radius 2 is 1.43 bits per heavy atom. The van der Waals surface area contributed by atoms with E-state index in [1.807, 2.05) is 54.5 Å². The van der Waals surface area contributed by atoms with Gasteiger partial charge in [-0.15, -0.1) is 6.58 Å². The van der Waals surface area contributed by atoms with Gasteiger partial charge in [0.2, 0.25) is 0 Å². The molecular weight excluding hydrogens is 283 g/mol. The monoisotopic (exact) mass is 326 g/mol. The van der Waals surface area contributed by atoms with E-state index in [9.17, 15) is 4.39 Å². The fourth-order valence-electron chi connectivity index (χ4n) is 1.37. The first-order valence-corrected chi connectivity index (χ1v) is 9.05. The van der Waals surface area contributed by atoms with Gasteiger partial charge in [-0.1, -0.05) is 84.6 Å². The van der Waals surface area contributed by atoms with Crippen molar-refractivity contribution >= 4 is 0 Å². The Bertz CT molecular complexity index is 347. The van der Waals surface area contributed by atoms with E-state index in [1.165, 1.54) is 24.5 Å². The van der Waals surface area contributed by atoms with E-state index >= 15 is 0 Å². The van der Waals surface area contributed by atoms with Crippen molar-refractivity contribution in [1.82, 2.24) is 0 Å². The molecule has 0 spiro atoms. The van der Waals surface area contributed by atoms with Crippen LogP contribution in [0.5, 0.6) is 0 Å². The minimum atomic E-state index is -0.124. The Kier molecular flexibility index (Phi) is 30.1. The minimum Gasteiger partial charge on any atom is -0.207 e. The van der Waals surface area contributed by atoms with Crippen molar-refractivity contribution in [1.29, 1.82) is 0 Å². The predicted octanol–water partition coefficient (Wildman–Crippen LogP) is 8.52. The van der Waals surface area contributed by atoms with Crippen LogP contribution in [0.2, 0.25) is 0 Å². The lowest BCUT2D eigenvalue weighted by molar-refractivity contribution is 0.576. The molecule has 0 aliphatic rings. The van der Waals surface area contributed by atoms with Crippen molar-refractivity contribution in [3.05, 3.63) is 47.3 Å². The lowest BCUT2D eigenvalue weighted by Gasteiger charge is -1.95. The molecular formula is C22H43F. The zero-order chi connectivity index (χ0) is 19.4. The van der Waals surface area contributed by atoms with Crippen LogP contribution in [0.25, 0.3) is 0 Å². The summed E-state index contributed by atoms with van der Waals surface area (Å²) in [6.45, 7) is 25.9. The first-order chi connectivity index (χ1) is 10.7. The third-order valence-electron chi connectivity index (χ3n) is 2.18. The summed E-state index contributed by atoms with van der Waals surface area (Å²) < 4.78 is 12.5. The highest BCUT2D eigenvalue weighted by Gasteiger charge is 1.93. The summed E-state index contributed by atoms with van der Waals surface area (Å²) in [7, 11) is 0. The second kappa shape index (κ2) is 23.2. The summed E-state index contributed by atoms with van der Waals surface area (Å²) in [4.78, 5) is 0. The summed E-state index contributed by atoms with van der Waals surface area (Å²) in [5.41, 5.74) is 2.99. The van der Waals surface area contributed by atoms with Gasteiger partial charge in [0.25, 0.3) is 0 Å². The van der Waals surface area contributed by atoms with Crippen molar-refractivity contribution < 1.29 is 4.39 Å². The molecule has 0 heterocycles. The van der Waals surface area contributed by atoms with E-state index in [-0.39, 0.29) is 5.82 Å². The normalized spacial score (nSPS) is 8.04. The molecule has 0 aliphatic carbocycles. The van der Waals surface area contributed by atoms with E-state index in [4.69, 9.17) is 0 Å². The van der Waals surface area contributed by atoms with Gasteiger partial charge < -0.3 is 0 Å². The zero-order valence-electron chi connectivity index (χ0n) is 17.8. The second-order valence-corrected chi connectivity index (χ2v) is 5.64. The molecule has 0 amide bonds. The fourth-order valence-corrected chi connectivity index (χ4v) is 1.37. The number of hydrogen-bond donors (Lipinski definition) is 0. The van der Waals surface area contributed by atoms with Gasteiger partial charge in [-0.25, -0.2) is 4.39 Å². The van der Waals surface area contributed by atoms with Crippen LogP contribution in [0.4, 0.5) is 4.39 Å². The molecule has 0 unspecified atom stereocenters. The number of allylic oxidation sites excluding steroid dienone is 1. The summed E-state index contributed by atoms with van der Waals surface area (Å²) in [6.07, 6.45) is 2.71. The highest BCUT2D eigenvalue weighted by molar-refractivity contribution is 5.22. The maximum Gasteiger partial charge on any atom is 0.126 e. The zero-order valence-corrected chi connectivity index (χ0v) is 17.8. The highest BCUT2D eigenvalue weighted by atomic mass is 19.1. The SMILES string of the molecule is C=C(C)C.CC.CC.CCCC(C)C.Cc1ccc(F)c(C)c1. The average Bonchev–Trinajstić information content (AvgIpc) is 2.47. The molecule has 1 aromatic rings. The topological polar surface area (TPSA) is 0 Å². The van der Waals surface area contributed by atoms with Gasteiger partial charge in [0, 0.05) is 0 Å². The molecule has 0 bridgehead atoms. The van der Waals surface area contributed by atoms with Crippen LogP contribution >= 0.6 is 0 Å². The molecule has 0 atom stereocenters. The summed E-state index contributed by atoms with van der Waals surface area (Å²) in [5.74, 6) is 0.774. The predicted molar refractivity (Wildman–Crippen MR) is 109 cm³/mol. The third-order valence-corrected chi connectivity index (χ3v) is 2.18. The number of aryl methyl sites for hydroxylation is 2. The van der Waals surface area contributed by atoms with E-state index in [0.29, 0.717) is 0 Å². The van der Waals surface area contributed by atoms with E-state index in [2.05, 4.69) is 27.4 Å². The third kappa shape index (κ3) is 33.6. The average molecular weight is 327 g/mol. The van der Waals surface area contributed by atoms with Crippen LogP contribution in [-0.4, -0.2) is 0 Å². The van der Waals surface area contributed by atoms with Gasteiger partial charge in [-0.05, 0) is 45.2 Å². The lowest BCUT2D eigenvalue weighted by atomic mass is 10.1. The number of hydrogen-bond acceptors (Lipinski definition) is 0. The Hall–Kier alpha value is -1.11. The van der Waals surface area contributed by atoms with Crippen molar-refractivity contribution in [3.63, 3.8) is 0 Å². The molecule has 1 aromatic carbocycles. The Labute approximate surface area is 147 Å². The smallest absolute Gasteiger partial charge is 0.126 e. The maximum atomic E-state index is 12.5. The molecule has 23 heavy (non-hydrogen) atoms. The molecule has 0 aromatic heterocycles. The fraction of sp³-hybridized carbons (Fsp3) is 0.636. The van der Waals surface area contributed by atoms with Gasteiger partial charge in [0.1, 0.15) is 5.82 Å². The van der Waals surface area contributed by atoms with Gasteiger partial charge >= 0.3 is 0 Å². The van der Waals surface area contributed by atoms with Crippen molar-refractivity contribution in [2.75, 3.05) is 0 Å². The molecule has 0 radical (unpaired) electrons. The Morgan fingerprint density at radius 3 is 1.61 bits per heavy atom. The van der Waals surface area contributed by atoms with Gasteiger partial charge in [-0.3, -0.25) is 0 Å². The summed E-state index contributed by atoms with van der Waals surface area (Å²) >= 11 is 0. The van der Waals surface area contributed by atoms with Crippen LogP contribution < -0.4 is 0 Å². The van der Waals surface area contributed by atoms with Crippen LogP contribution in [0.3, 0.4) is 0 Å². The molecule has 0 N–H and O–H groups in total. The maximum absolute atomic E-state index is 12.5. The summed E-state index contributed by atoms with van der Waals surface area (Å²) in [5, 5.41) is 0. The first-order valence-electron chi connectivity index (χ1n) is 9.05. The van der Waals surface area contributed by atoms with E-state index < -0.39 is 0 Å². The van der Waals surface area contributed by atoms with Crippen LogP contribution in [-0.2, 0) is 0 Å². The van der Waals surface area contributed by atoms with Crippen molar-refractivity contribution in [2.24, 2.45) is 5.92 Å². The highest BCUT2D eigenvalue weighted by Crippen LogP contribution is 2.07. The van der Waals surface area contributed by atoms with Crippen LogP contribution in [0.15, 0.2) is 30.4 Å². The molecule has 0 fully saturated rings. The molecule has 1 rings (SSSR count). The van der Waals surface area contributed by atoms with E-state index in [1.54, 1.807) is 13.0 Å². The van der Waals surface area contributed by atoms with Crippen molar-refractivity contribution in [2.45, 2.75) is 89.0 Å². The lowest BCUT2D eigenvalue weighted by Crippen LogP contribution is -1.81. The van der Waals surface area contributed by atoms with Crippen LogP contribution in [0.1, 0.15) is 86.3 Å². The second-order valence-electron chi connectivity index (χ2n) is 5.64. The van der Waals surface area contributed by atoms with E-state index in [0.717, 1.165) is 17.0 Å². The molecule has 0 saturated heterocycles. The Morgan fingerprint density at radius 1 is 1.04 bits per heavy atom. The quantitative estimate of drug-likeness (QED) is 0.478. The summed E-state index contributed by atoms with van der Waals surface area (Å²) in [6, 6.07) is 5.09. The minimum absolute atomic E-state index is 0.124. The number of rotatable bonds is 2. The first kappa shape index (κ1) is 29.8. The number of benzene rings is 1. The van der Waals surface area contributed by atoms with Crippen LogP contribution in [0, 0.1) is 25.6 Å². The largest absolute Gasteiger partial charge is 0.207 e. The standard InChI is InChI=1S/C8H9F.C6H14.C4H8.2C2H6/c1-6-3-4-8(9)7(2)5-6;1-4-5-6(2)3;1-4(2)3;2*1-2/h3-5H,1-2H3;6H,4-5H2,1-3H3;1H2,2-3H3;2*1-2H3. The molecule has 138 valence electrons. The van der Waals surface area contributed by atoms with Gasteiger partial charge in [0.05, 0.1) is 0 Å². The Balaban J connectivity index is -0.000000113. The van der Waals surface area contributed by atoms with Gasteiger partial charge in [-0.2, -0.15) is 0 Å². The van der Waals surface area contributed by atoms with Gasteiger partial charge in [0.15, 0.2) is 0 Å². The van der Waals surface area contributed by atoms with Crippen molar-refractivity contribution in [3.8, 4) is 0 Å².